The Hall–Kier alpha value is -3.51. The monoisotopic (exact) mass is 456 g/mol. The second-order valence-electron chi connectivity index (χ2n) is 8.37. The number of rotatable bonds is 5. The molecule has 0 spiro atoms. The van der Waals surface area contributed by atoms with Gasteiger partial charge in [-0.3, -0.25) is 4.98 Å². The summed E-state index contributed by atoms with van der Waals surface area (Å²) >= 11 is 5.78. The average molecular weight is 457 g/mol. The van der Waals surface area contributed by atoms with E-state index in [1.807, 2.05) is 24.3 Å². The maximum absolute atomic E-state index is 13.7. The molecule has 2 aromatic heterocycles. The molecule has 1 aliphatic heterocycles. The highest BCUT2D eigenvalue weighted by molar-refractivity contribution is 7.80. The molecule has 2 aromatic carbocycles. The summed E-state index contributed by atoms with van der Waals surface area (Å²) in [6.45, 7) is 5.09. The average Bonchev–Trinajstić information content (AvgIpc) is 3.32. The van der Waals surface area contributed by atoms with E-state index in [4.69, 9.17) is 12.2 Å². The van der Waals surface area contributed by atoms with Gasteiger partial charge in [0.2, 0.25) is 0 Å². The van der Waals surface area contributed by atoms with E-state index in [0.29, 0.717) is 5.11 Å². The zero-order chi connectivity index (χ0) is 22.9. The number of hydrogen-bond acceptors (Lipinski definition) is 2. The van der Waals surface area contributed by atoms with Gasteiger partial charge in [0.05, 0.1) is 17.8 Å². The molecule has 0 amide bonds. The second-order valence-corrected chi connectivity index (χ2v) is 8.76. The lowest BCUT2D eigenvalue weighted by molar-refractivity contribution is 0.563. The van der Waals surface area contributed by atoms with Crippen molar-refractivity contribution in [3.05, 3.63) is 119 Å². The number of nitrogens with one attached hydrogen (secondary N) is 1. The molecule has 166 valence electrons. The largest absolute Gasteiger partial charge is 0.351 e. The zero-order valence-electron chi connectivity index (χ0n) is 18.6. The number of benzene rings is 2. The normalized spacial score (nSPS) is 17.9. The van der Waals surface area contributed by atoms with E-state index in [1.165, 1.54) is 34.6 Å². The third-order valence-corrected chi connectivity index (χ3v) is 6.63. The van der Waals surface area contributed by atoms with Crippen LogP contribution in [0.5, 0.6) is 0 Å². The van der Waals surface area contributed by atoms with Crippen molar-refractivity contribution in [2.45, 2.75) is 32.5 Å². The number of nitrogens with zero attached hydrogens (tertiary/aromatic N) is 3. The van der Waals surface area contributed by atoms with Crippen LogP contribution in [0.25, 0.3) is 0 Å². The highest BCUT2D eigenvalue weighted by Gasteiger charge is 2.42. The molecular formula is C27H25FN4S. The fourth-order valence-electron chi connectivity index (χ4n) is 4.69. The molecular weight excluding hydrogens is 431 g/mol. The molecule has 2 atom stereocenters. The number of hydrogen-bond donors (Lipinski definition) is 1. The fraction of sp³-hybridized carbons (Fsp3) is 0.185. The van der Waals surface area contributed by atoms with Crippen LogP contribution in [0.3, 0.4) is 0 Å². The molecule has 3 heterocycles. The quantitative estimate of drug-likeness (QED) is 0.381. The van der Waals surface area contributed by atoms with E-state index in [9.17, 15) is 4.39 Å². The Morgan fingerprint density at radius 3 is 2.39 bits per heavy atom. The van der Waals surface area contributed by atoms with E-state index in [2.05, 4.69) is 63.9 Å². The van der Waals surface area contributed by atoms with E-state index < -0.39 is 0 Å². The van der Waals surface area contributed by atoms with Crippen molar-refractivity contribution >= 4 is 23.0 Å². The highest BCUT2D eigenvalue weighted by Crippen LogP contribution is 2.43. The summed E-state index contributed by atoms with van der Waals surface area (Å²) in [5.74, 6) is -0.268. The molecule has 0 radical (unpaired) electrons. The Morgan fingerprint density at radius 1 is 0.970 bits per heavy atom. The summed E-state index contributed by atoms with van der Waals surface area (Å²) < 4.78 is 16.0. The van der Waals surface area contributed by atoms with Gasteiger partial charge in [0, 0.05) is 29.8 Å². The van der Waals surface area contributed by atoms with E-state index in [1.54, 1.807) is 18.3 Å². The van der Waals surface area contributed by atoms with Crippen molar-refractivity contribution in [2.24, 2.45) is 0 Å². The van der Waals surface area contributed by atoms with E-state index in [0.717, 1.165) is 17.9 Å². The summed E-state index contributed by atoms with van der Waals surface area (Å²) in [6.07, 6.45) is 1.80. The lowest BCUT2D eigenvalue weighted by Crippen LogP contribution is -2.29. The maximum Gasteiger partial charge on any atom is 0.174 e. The van der Waals surface area contributed by atoms with Gasteiger partial charge in [0.15, 0.2) is 5.11 Å². The highest BCUT2D eigenvalue weighted by atomic mass is 32.1. The summed E-state index contributed by atoms with van der Waals surface area (Å²) in [4.78, 5) is 6.71. The minimum absolute atomic E-state index is 0.117. The Bertz CT molecular complexity index is 1270. The third kappa shape index (κ3) is 4.02. The molecule has 4 aromatic rings. The van der Waals surface area contributed by atoms with Gasteiger partial charge in [-0.15, -0.1) is 0 Å². The topological polar surface area (TPSA) is 33.1 Å². The van der Waals surface area contributed by atoms with Crippen LogP contribution in [0, 0.1) is 19.7 Å². The fourth-order valence-corrected chi connectivity index (χ4v) is 5.03. The third-order valence-electron chi connectivity index (χ3n) is 6.32. The first-order chi connectivity index (χ1) is 16.0. The van der Waals surface area contributed by atoms with Crippen molar-refractivity contribution in [3.63, 3.8) is 0 Å². The van der Waals surface area contributed by atoms with Gasteiger partial charge in [0.25, 0.3) is 0 Å². The molecule has 33 heavy (non-hydrogen) atoms. The summed E-state index contributed by atoms with van der Waals surface area (Å²) in [7, 11) is 0. The van der Waals surface area contributed by atoms with Gasteiger partial charge >= 0.3 is 0 Å². The maximum atomic E-state index is 13.7. The van der Waals surface area contributed by atoms with Crippen molar-refractivity contribution in [1.29, 1.82) is 0 Å². The molecule has 1 saturated heterocycles. The number of aromatic nitrogens is 2. The Labute approximate surface area is 198 Å². The van der Waals surface area contributed by atoms with Crippen LogP contribution < -0.4 is 10.2 Å². The zero-order valence-corrected chi connectivity index (χ0v) is 19.4. The lowest BCUT2D eigenvalue weighted by Gasteiger charge is -2.28. The number of aryl methyl sites for hydroxylation is 1. The molecule has 0 bridgehead atoms. The van der Waals surface area contributed by atoms with Crippen molar-refractivity contribution < 1.29 is 4.39 Å². The van der Waals surface area contributed by atoms with Crippen LogP contribution in [-0.2, 0) is 6.54 Å². The van der Waals surface area contributed by atoms with Gasteiger partial charge in [-0.05, 0) is 79.7 Å². The lowest BCUT2D eigenvalue weighted by atomic mass is 9.96. The molecule has 0 saturated carbocycles. The van der Waals surface area contributed by atoms with Gasteiger partial charge in [-0.25, -0.2) is 4.39 Å². The molecule has 4 nitrogen and oxygen atoms in total. The first kappa shape index (κ1) is 21.3. The molecule has 5 rings (SSSR count). The Morgan fingerprint density at radius 2 is 1.70 bits per heavy atom. The molecule has 1 fully saturated rings. The SMILES string of the molecule is Cc1cc([C@@H]2[C@H](c3ccccn3)NC(=S)N2c2ccc(F)cc2)c(C)n1Cc1ccccc1. The smallest absolute Gasteiger partial charge is 0.174 e. The van der Waals surface area contributed by atoms with Crippen molar-refractivity contribution in [1.82, 2.24) is 14.9 Å². The molecule has 6 heteroatoms. The number of pyridine rings is 1. The summed E-state index contributed by atoms with van der Waals surface area (Å²) in [5.41, 5.74) is 6.56. The van der Waals surface area contributed by atoms with Crippen LogP contribution in [0.15, 0.2) is 85.1 Å². The first-order valence-electron chi connectivity index (χ1n) is 11.0. The standard InChI is InChI=1S/C27H25FN4S/c1-18-16-23(19(2)31(18)17-20-8-4-3-5-9-20)26-25(24-10-6-7-15-29-24)30-27(33)32(26)22-13-11-21(28)12-14-22/h3-16,25-26H,17H2,1-2H3,(H,30,33)/t25-,26+/m0/s1. The van der Waals surface area contributed by atoms with Crippen LogP contribution in [0.4, 0.5) is 10.1 Å². The predicted octanol–water partition coefficient (Wildman–Crippen LogP) is 5.86. The number of thiocarbonyl (C=S) groups is 1. The van der Waals surface area contributed by atoms with E-state index in [-0.39, 0.29) is 17.9 Å². The minimum atomic E-state index is -0.268. The number of anilines is 1. The van der Waals surface area contributed by atoms with Crippen LogP contribution in [0.1, 0.15) is 40.3 Å². The summed E-state index contributed by atoms with van der Waals surface area (Å²) in [5, 5.41) is 4.09. The summed E-state index contributed by atoms with van der Waals surface area (Å²) in [6, 6.07) is 24.9. The molecule has 0 aliphatic carbocycles. The van der Waals surface area contributed by atoms with Gasteiger partial charge < -0.3 is 14.8 Å². The minimum Gasteiger partial charge on any atom is -0.351 e. The second kappa shape index (κ2) is 8.79. The van der Waals surface area contributed by atoms with Crippen LogP contribution in [-0.4, -0.2) is 14.7 Å². The van der Waals surface area contributed by atoms with Gasteiger partial charge in [-0.2, -0.15) is 0 Å². The molecule has 1 aliphatic rings. The van der Waals surface area contributed by atoms with Gasteiger partial charge in [0.1, 0.15) is 5.82 Å². The van der Waals surface area contributed by atoms with Gasteiger partial charge in [-0.1, -0.05) is 36.4 Å². The molecule has 1 N–H and O–H groups in total. The van der Waals surface area contributed by atoms with Crippen LogP contribution in [0.2, 0.25) is 0 Å². The predicted molar refractivity (Wildman–Crippen MR) is 134 cm³/mol. The van der Waals surface area contributed by atoms with Crippen molar-refractivity contribution in [3.8, 4) is 0 Å². The Kier molecular flexibility index (Phi) is 5.68. The molecule has 0 unspecified atom stereocenters. The number of halogens is 1. The van der Waals surface area contributed by atoms with Crippen molar-refractivity contribution in [2.75, 3.05) is 4.90 Å². The van der Waals surface area contributed by atoms with Crippen LogP contribution >= 0.6 is 12.2 Å². The van der Waals surface area contributed by atoms with E-state index >= 15 is 0 Å². The Balaban J connectivity index is 1.62. The first-order valence-corrected chi connectivity index (χ1v) is 11.4.